The van der Waals surface area contributed by atoms with E-state index in [2.05, 4.69) is 67.3 Å². The molecule has 1 atom stereocenters. The van der Waals surface area contributed by atoms with Crippen LogP contribution in [0.1, 0.15) is 33.8 Å². The SMILES string of the molecule is Cc1nc(COc2cc(/C=C/c3ccc(Cl)cc3Br)cc(CNCC3CCNC3)c2)cs1. The minimum Gasteiger partial charge on any atom is -0.487 e. The van der Waals surface area contributed by atoms with Crippen LogP contribution in [0, 0.1) is 12.8 Å². The van der Waals surface area contributed by atoms with Crippen molar-refractivity contribution in [3.63, 3.8) is 0 Å². The Labute approximate surface area is 207 Å². The third-order valence-electron chi connectivity index (χ3n) is 5.38. The molecule has 2 N–H and O–H groups in total. The molecule has 0 spiro atoms. The number of nitrogens with zero attached hydrogens (tertiary/aromatic N) is 1. The maximum absolute atomic E-state index is 6.10. The van der Waals surface area contributed by atoms with E-state index in [0.29, 0.717) is 17.5 Å². The first kappa shape index (κ1) is 23.5. The van der Waals surface area contributed by atoms with Crippen LogP contribution in [-0.4, -0.2) is 24.6 Å². The predicted octanol–water partition coefficient (Wildman–Crippen LogP) is 6.32. The van der Waals surface area contributed by atoms with E-state index in [0.717, 1.165) is 58.2 Å². The second kappa shape index (κ2) is 11.4. The number of ether oxygens (including phenoxy) is 1. The maximum Gasteiger partial charge on any atom is 0.131 e. The number of hydrogen-bond donors (Lipinski definition) is 2. The lowest BCUT2D eigenvalue weighted by molar-refractivity contribution is 0.301. The van der Waals surface area contributed by atoms with Crippen LogP contribution in [0.5, 0.6) is 5.75 Å². The number of aryl methyl sites for hydroxylation is 1. The van der Waals surface area contributed by atoms with Gasteiger partial charge in [0.15, 0.2) is 0 Å². The van der Waals surface area contributed by atoms with Crippen LogP contribution in [0.25, 0.3) is 12.2 Å². The molecule has 4 rings (SSSR count). The summed E-state index contributed by atoms with van der Waals surface area (Å²) in [5.41, 5.74) is 4.34. The second-order valence-electron chi connectivity index (χ2n) is 8.05. The number of hydrogen-bond acceptors (Lipinski definition) is 5. The van der Waals surface area contributed by atoms with Crippen LogP contribution < -0.4 is 15.4 Å². The molecule has 1 aromatic heterocycles. The van der Waals surface area contributed by atoms with Crippen molar-refractivity contribution < 1.29 is 4.74 Å². The molecule has 1 saturated heterocycles. The van der Waals surface area contributed by atoms with E-state index in [1.807, 2.05) is 25.1 Å². The summed E-state index contributed by atoms with van der Waals surface area (Å²) in [6.45, 7) is 6.56. The molecule has 0 aliphatic carbocycles. The molecular formula is C25H27BrClN3OS. The fraction of sp³-hybridized carbons (Fsp3) is 0.320. The highest BCUT2D eigenvalue weighted by molar-refractivity contribution is 9.10. The van der Waals surface area contributed by atoms with E-state index in [9.17, 15) is 0 Å². The topological polar surface area (TPSA) is 46.2 Å². The number of rotatable bonds is 9. The van der Waals surface area contributed by atoms with Gasteiger partial charge in [0.25, 0.3) is 0 Å². The van der Waals surface area contributed by atoms with Crippen molar-refractivity contribution in [3.05, 3.63) is 78.7 Å². The van der Waals surface area contributed by atoms with Gasteiger partial charge in [0.2, 0.25) is 0 Å². The molecule has 1 unspecified atom stereocenters. The van der Waals surface area contributed by atoms with Crippen molar-refractivity contribution in [1.82, 2.24) is 15.6 Å². The molecule has 1 aliphatic rings. The Morgan fingerprint density at radius 3 is 2.94 bits per heavy atom. The molecule has 2 aromatic carbocycles. The molecule has 0 saturated carbocycles. The summed E-state index contributed by atoms with van der Waals surface area (Å²) in [7, 11) is 0. The zero-order valence-corrected chi connectivity index (χ0v) is 21.2. The molecule has 0 radical (unpaired) electrons. The Hall–Kier alpha value is -1.70. The van der Waals surface area contributed by atoms with Gasteiger partial charge >= 0.3 is 0 Å². The number of nitrogens with one attached hydrogen (secondary N) is 2. The summed E-state index contributed by atoms with van der Waals surface area (Å²) >= 11 is 11.3. The molecule has 1 fully saturated rings. The summed E-state index contributed by atoms with van der Waals surface area (Å²) in [5, 5.41) is 10.9. The third-order valence-corrected chi connectivity index (χ3v) is 7.13. The molecule has 1 aliphatic heterocycles. The van der Waals surface area contributed by atoms with Gasteiger partial charge in [0, 0.05) is 21.4 Å². The molecule has 4 nitrogen and oxygen atoms in total. The fourth-order valence-electron chi connectivity index (χ4n) is 3.73. The Morgan fingerprint density at radius 2 is 2.19 bits per heavy atom. The van der Waals surface area contributed by atoms with Crippen molar-refractivity contribution in [2.24, 2.45) is 5.92 Å². The minimum absolute atomic E-state index is 0.473. The maximum atomic E-state index is 6.10. The minimum atomic E-state index is 0.473. The average Bonchev–Trinajstić information content (AvgIpc) is 3.43. The van der Waals surface area contributed by atoms with Crippen LogP contribution >= 0.6 is 38.9 Å². The van der Waals surface area contributed by atoms with Gasteiger partial charge in [0.05, 0.1) is 10.7 Å². The first-order valence-electron chi connectivity index (χ1n) is 10.8. The van der Waals surface area contributed by atoms with Gasteiger partial charge in [-0.2, -0.15) is 0 Å². The molecule has 3 aromatic rings. The van der Waals surface area contributed by atoms with Gasteiger partial charge in [-0.1, -0.05) is 51.8 Å². The first-order valence-corrected chi connectivity index (χ1v) is 12.8. The summed E-state index contributed by atoms with van der Waals surface area (Å²) in [6, 6.07) is 12.2. The molecule has 0 bridgehead atoms. The van der Waals surface area contributed by atoms with Gasteiger partial charge in [-0.05, 0) is 79.9 Å². The van der Waals surface area contributed by atoms with Gasteiger partial charge in [-0.15, -0.1) is 11.3 Å². The molecule has 0 amide bonds. The monoisotopic (exact) mass is 531 g/mol. The molecular weight excluding hydrogens is 506 g/mol. The van der Waals surface area contributed by atoms with E-state index in [1.165, 1.54) is 12.0 Å². The Kier molecular flexibility index (Phi) is 8.38. The standard InChI is InChI=1S/C25H27BrClN3OS/c1-17-30-23(16-32-17)15-31-24-9-18(2-3-21-4-5-22(27)11-25(21)26)8-20(10-24)14-29-13-19-6-7-28-12-19/h2-5,8-11,16,19,28-29H,6-7,12-15H2,1H3/b3-2+. The predicted molar refractivity (Wildman–Crippen MR) is 138 cm³/mol. The number of halogens is 2. The number of benzene rings is 2. The Bertz CT molecular complexity index is 1080. The molecule has 168 valence electrons. The van der Waals surface area contributed by atoms with E-state index in [-0.39, 0.29) is 0 Å². The first-order chi connectivity index (χ1) is 15.5. The lowest BCUT2D eigenvalue weighted by Gasteiger charge is -2.12. The molecule has 7 heteroatoms. The normalized spacial score (nSPS) is 16.2. The summed E-state index contributed by atoms with van der Waals surface area (Å²) < 4.78 is 7.08. The van der Waals surface area contributed by atoms with Crippen molar-refractivity contribution in [3.8, 4) is 5.75 Å². The smallest absolute Gasteiger partial charge is 0.131 e. The van der Waals surface area contributed by atoms with Gasteiger partial charge in [0.1, 0.15) is 12.4 Å². The van der Waals surface area contributed by atoms with Crippen LogP contribution in [0.3, 0.4) is 0 Å². The highest BCUT2D eigenvalue weighted by Gasteiger charge is 2.13. The largest absolute Gasteiger partial charge is 0.487 e. The van der Waals surface area contributed by atoms with Crippen LogP contribution in [0.2, 0.25) is 5.02 Å². The zero-order valence-electron chi connectivity index (χ0n) is 18.0. The van der Waals surface area contributed by atoms with Crippen LogP contribution in [0.4, 0.5) is 0 Å². The van der Waals surface area contributed by atoms with Gasteiger partial charge < -0.3 is 15.4 Å². The summed E-state index contributed by atoms with van der Waals surface area (Å²) in [5.74, 6) is 1.57. The highest BCUT2D eigenvalue weighted by Crippen LogP contribution is 2.25. The van der Waals surface area contributed by atoms with E-state index in [4.69, 9.17) is 16.3 Å². The number of thiazole rings is 1. The van der Waals surface area contributed by atoms with Crippen molar-refractivity contribution in [1.29, 1.82) is 0 Å². The third kappa shape index (κ3) is 6.90. The quantitative estimate of drug-likeness (QED) is 0.317. The summed E-state index contributed by atoms with van der Waals surface area (Å²) in [4.78, 5) is 4.50. The van der Waals surface area contributed by atoms with E-state index in [1.54, 1.807) is 11.3 Å². The summed E-state index contributed by atoms with van der Waals surface area (Å²) in [6.07, 6.45) is 5.44. The Balaban J connectivity index is 1.49. The van der Waals surface area contributed by atoms with Crippen LogP contribution in [-0.2, 0) is 13.2 Å². The average molecular weight is 533 g/mol. The highest BCUT2D eigenvalue weighted by atomic mass is 79.9. The fourth-order valence-corrected chi connectivity index (χ4v) is 5.14. The molecule has 2 heterocycles. The van der Waals surface area contributed by atoms with Gasteiger partial charge in [-0.25, -0.2) is 4.98 Å². The second-order valence-corrected chi connectivity index (χ2v) is 10.4. The van der Waals surface area contributed by atoms with Crippen molar-refractivity contribution in [2.75, 3.05) is 19.6 Å². The van der Waals surface area contributed by atoms with Crippen molar-refractivity contribution in [2.45, 2.75) is 26.5 Å². The van der Waals surface area contributed by atoms with E-state index < -0.39 is 0 Å². The van der Waals surface area contributed by atoms with Crippen LogP contribution in [0.15, 0.2) is 46.3 Å². The number of aromatic nitrogens is 1. The lowest BCUT2D eigenvalue weighted by atomic mass is 10.1. The molecule has 32 heavy (non-hydrogen) atoms. The van der Waals surface area contributed by atoms with E-state index >= 15 is 0 Å². The lowest BCUT2D eigenvalue weighted by Crippen LogP contribution is -2.24. The van der Waals surface area contributed by atoms with Crippen molar-refractivity contribution >= 4 is 51.0 Å². The Morgan fingerprint density at radius 1 is 1.28 bits per heavy atom. The van der Waals surface area contributed by atoms with Gasteiger partial charge in [-0.3, -0.25) is 0 Å². The zero-order chi connectivity index (χ0) is 22.3.